The monoisotopic (exact) mass is 362 g/mol. The molecule has 1 aliphatic heterocycles. The number of morpholine rings is 1. The van der Waals surface area contributed by atoms with Gasteiger partial charge in [0.05, 0.1) is 13.2 Å². The highest BCUT2D eigenvalue weighted by Crippen LogP contribution is 2.23. The Kier molecular flexibility index (Phi) is 5.68. The highest BCUT2D eigenvalue weighted by molar-refractivity contribution is 6.31. The van der Waals surface area contributed by atoms with E-state index in [4.69, 9.17) is 16.3 Å². The number of carbonyl (C=O) groups is 1. The van der Waals surface area contributed by atoms with Crippen LogP contribution in [0.4, 0.5) is 10.1 Å². The van der Waals surface area contributed by atoms with Crippen LogP contribution >= 0.6 is 11.6 Å². The maximum atomic E-state index is 13.3. The lowest BCUT2D eigenvalue weighted by atomic mass is 10.1. The van der Waals surface area contributed by atoms with Crippen molar-refractivity contribution in [3.05, 3.63) is 63.9 Å². The van der Waals surface area contributed by atoms with E-state index in [-0.39, 0.29) is 11.7 Å². The molecule has 3 rings (SSSR count). The number of amides is 1. The Labute approximate surface area is 151 Å². The van der Waals surface area contributed by atoms with Gasteiger partial charge in [-0.05, 0) is 48.4 Å². The van der Waals surface area contributed by atoms with Crippen LogP contribution in [0.3, 0.4) is 0 Å². The number of halogens is 2. The summed E-state index contributed by atoms with van der Waals surface area (Å²) in [4.78, 5) is 14.6. The fraction of sp³-hybridized carbons (Fsp3) is 0.316. The molecule has 1 fully saturated rings. The molecular formula is C19H20ClFN2O2. The number of hydrogen-bond acceptors (Lipinski definition) is 3. The Morgan fingerprint density at radius 3 is 2.68 bits per heavy atom. The van der Waals surface area contributed by atoms with Crippen molar-refractivity contribution in [1.29, 1.82) is 0 Å². The minimum absolute atomic E-state index is 0.292. The van der Waals surface area contributed by atoms with Gasteiger partial charge in [0.1, 0.15) is 5.82 Å². The molecule has 0 aliphatic carbocycles. The van der Waals surface area contributed by atoms with Crippen molar-refractivity contribution in [3.8, 4) is 0 Å². The third-order valence-electron chi connectivity index (χ3n) is 4.23. The Bertz CT molecular complexity index is 776. The fourth-order valence-corrected chi connectivity index (χ4v) is 2.98. The smallest absolute Gasteiger partial charge is 0.255 e. The van der Waals surface area contributed by atoms with Crippen LogP contribution < -0.4 is 5.32 Å². The zero-order valence-electron chi connectivity index (χ0n) is 14.0. The maximum Gasteiger partial charge on any atom is 0.255 e. The molecule has 1 aliphatic rings. The second-order valence-electron chi connectivity index (χ2n) is 6.11. The molecule has 4 nitrogen and oxygen atoms in total. The van der Waals surface area contributed by atoms with Crippen LogP contribution in [-0.2, 0) is 11.3 Å². The van der Waals surface area contributed by atoms with Gasteiger partial charge in [-0.3, -0.25) is 9.69 Å². The van der Waals surface area contributed by atoms with E-state index in [0.29, 0.717) is 21.8 Å². The summed E-state index contributed by atoms with van der Waals surface area (Å²) in [5.41, 5.74) is 2.47. The molecule has 2 aromatic rings. The standard InChI is InChI=1S/C19H20ClFN2O2/c1-13-10-14(3-5-18(13)21)19(24)22-16-4-2-15(17(20)11-16)12-23-6-8-25-9-7-23/h2-5,10-11H,6-9,12H2,1H3,(H,22,24). The molecule has 1 heterocycles. The van der Waals surface area contributed by atoms with E-state index >= 15 is 0 Å². The highest BCUT2D eigenvalue weighted by atomic mass is 35.5. The zero-order valence-corrected chi connectivity index (χ0v) is 14.8. The first-order valence-corrected chi connectivity index (χ1v) is 8.57. The van der Waals surface area contributed by atoms with Gasteiger partial charge in [0, 0.05) is 35.9 Å². The van der Waals surface area contributed by atoms with Gasteiger partial charge in [0.25, 0.3) is 5.91 Å². The second-order valence-corrected chi connectivity index (χ2v) is 6.52. The predicted molar refractivity (Wildman–Crippen MR) is 96.6 cm³/mol. The average Bonchev–Trinajstić information content (AvgIpc) is 2.60. The summed E-state index contributed by atoms with van der Waals surface area (Å²) in [6, 6.07) is 9.78. The third-order valence-corrected chi connectivity index (χ3v) is 4.58. The van der Waals surface area contributed by atoms with Crippen molar-refractivity contribution in [2.24, 2.45) is 0 Å². The first-order valence-electron chi connectivity index (χ1n) is 8.19. The first-order chi connectivity index (χ1) is 12.0. The summed E-state index contributed by atoms with van der Waals surface area (Å²) < 4.78 is 18.7. The molecule has 6 heteroatoms. The number of nitrogens with one attached hydrogen (secondary N) is 1. The minimum atomic E-state index is -0.327. The molecule has 1 amide bonds. The molecule has 0 unspecified atom stereocenters. The van der Waals surface area contributed by atoms with Gasteiger partial charge in [-0.2, -0.15) is 0 Å². The SMILES string of the molecule is Cc1cc(C(=O)Nc2ccc(CN3CCOCC3)c(Cl)c2)ccc1F. The number of hydrogen-bond donors (Lipinski definition) is 1. The Morgan fingerprint density at radius 2 is 2.00 bits per heavy atom. The lowest BCUT2D eigenvalue weighted by Gasteiger charge is -2.27. The van der Waals surface area contributed by atoms with Gasteiger partial charge in [0.15, 0.2) is 0 Å². The van der Waals surface area contributed by atoms with Crippen molar-refractivity contribution < 1.29 is 13.9 Å². The van der Waals surface area contributed by atoms with Gasteiger partial charge in [0.2, 0.25) is 0 Å². The fourth-order valence-electron chi connectivity index (χ4n) is 2.74. The quantitative estimate of drug-likeness (QED) is 0.897. The Balaban J connectivity index is 1.67. The number of benzene rings is 2. The molecule has 0 atom stereocenters. The van der Waals surface area contributed by atoms with Crippen molar-refractivity contribution >= 4 is 23.2 Å². The molecular weight excluding hydrogens is 343 g/mol. The average molecular weight is 363 g/mol. The highest BCUT2D eigenvalue weighted by Gasteiger charge is 2.14. The van der Waals surface area contributed by atoms with Crippen molar-refractivity contribution in [2.75, 3.05) is 31.6 Å². The summed E-state index contributed by atoms with van der Waals surface area (Å²) in [5.74, 6) is -0.618. The van der Waals surface area contributed by atoms with E-state index in [1.807, 2.05) is 12.1 Å². The molecule has 0 spiro atoms. The van der Waals surface area contributed by atoms with Crippen LogP contribution in [-0.4, -0.2) is 37.1 Å². The number of aryl methyl sites for hydroxylation is 1. The second kappa shape index (κ2) is 7.95. The lowest BCUT2D eigenvalue weighted by Crippen LogP contribution is -2.35. The van der Waals surface area contributed by atoms with E-state index in [2.05, 4.69) is 10.2 Å². The van der Waals surface area contributed by atoms with Crippen molar-refractivity contribution in [2.45, 2.75) is 13.5 Å². The van der Waals surface area contributed by atoms with Crippen LogP contribution in [0.15, 0.2) is 36.4 Å². The normalized spacial score (nSPS) is 15.2. The molecule has 25 heavy (non-hydrogen) atoms. The van der Waals surface area contributed by atoms with E-state index in [1.54, 1.807) is 13.0 Å². The van der Waals surface area contributed by atoms with Gasteiger partial charge < -0.3 is 10.1 Å². The molecule has 1 saturated heterocycles. The van der Waals surface area contributed by atoms with E-state index in [1.165, 1.54) is 18.2 Å². The molecule has 0 radical (unpaired) electrons. The van der Waals surface area contributed by atoms with Crippen LogP contribution in [0, 0.1) is 12.7 Å². The number of rotatable bonds is 4. The number of carbonyl (C=O) groups excluding carboxylic acids is 1. The van der Waals surface area contributed by atoms with Crippen molar-refractivity contribution in [3.63, 3.8) is 0 Å². The van der Waals surface area contributed by atoms with E-state index in [0.717, 1.165) is 38.4 Å². The third kappa shape index (κ3) is 4.57. The Morgan fingerprint density at radius 1 is 1.24 bits per heavy atom. The number of ether oxygens (including phenoxy) is 1. The van der Waals surface area contributed by atoms with Crippen LogP contribution in [0.25, 0.3) is 0 Å². The molecule has 0 aromatic heterocycles. The molecule has 2 aromatic carbocycles. The maximum absolute atomic E-state index is 13.3. The topological polar surface area (TPSA) is 41.6 Å². The molecule has 0 bridgehead atoms. The summed E-state index contributed by atoms with van der Waals surface area (Å²) >= 11 is 6.37. The predicted octanol–water partition coefficient (Wildman–Crippen LogP) is 3.87. The largest absolute Gasteiger partial charge is 0.379 e. The summed E-state index contributed by atoms with van der Waals surface area (Å²) in [7, 11) is 0. The van der Waals surface area contributed by atoms with Gasteiger partial charge in [-0.25, -0.2) is 4.39 Å². The van der Waals surface area contributed by atoms with Crippen molar-refractivity contribution in [1.82, 2.24) is 4.90 Å². The van der Waals surface area contributed by atoms with Gasteiger partial charge in [-0.1, -0.05) is 17.7 Å². The van der Waals surface area contributed by atoms with Crippen LogP contribution in [0.5, 0.6) is 0 Å². The summed E-state index contributed by atoms with van der Waals surface area (Å²) in [5, 5.41) is 3.41. The van der Waals surface area contributed by atoms with E-state index in [9.17, 15) is 9.18 Å². The Hall–Kier alpha value is -1.95. The zero-order chi connectivity index (χ0) is 17.8. The van der Waals surface area contributed by atoms with Gasteiger partial charge >= 0.3 is 0 Å². The van der Waals surface area contributed by atoms with Crippen LogP contribution in [0.2, 0.25) is 5.02 Å². The lowest BCUT2D eigenvalue weighted by molar-refractivity contribution is 0.0342. The van der Waals surface area contributed by atoms with Gasteiger partial charge in [-0.15, -0.1) is 0 Å². The minimum Gasteiger partial charge on any atom is -0.379 e. The molecule has 0 saturated carbocycles. The first kappa shape index (κ1) is 17.9. The molecule has 1 N–H and O–H groups in total. The number of anilines is 1. The van der Waals surface area contributed by atoms with Crippen LogP contribution in [0.1, 0.15) is 21.5 Å². The summed E-state index contributed by atoms with van der Waals surface area (Å²) in [6.07, 6.45) is 0. The number of nitrogens with zero attached hydrogens (tertiary/aromatic N) is 1. The summed E-state index contributed by atoms with van der Waals surface area (Å²) in [6.45, 7) is 5.64. The van der Waals surface area contributed by atoms with E-state index < -0.39 is 0 Å². The molecule has 132 valence electrons.